The summed E-state index contributed by atoms with van der Waals surface area (Å²) >= 11 is 3.51. The molecule has 0 fully saturated rings. The lowest BCUT2D eigenvalue weighted by Crippen LogP contribution is -2.36. The number of ether oxygens (including phenoxy) is 2. The van der Waals surface area contributed by atoms with E-state index in [0.29, 0.717) is 19.3 Å². The van der Waals surface area contributed by atoms with Gasteiger partial charge in [0.2, 0.25) is 0 Å². The average molecular weight is 330 g/mol. The molecular weight excluding hydrogens is 306 g/mol. The van der Waals surface area contributed by atoms with Crippen LogP contribution in [0.25, 0.3) is 0 Å². The molecule has 0 aliphatic heterocycles. The summed E-state index contributed by atoms with van der Waals surface area (Å²) in [6.07, 6.45) is 2.11. The van der Waals surface area contributed by atoms with Crippen LogP contribution in [0.1, 0.15) is 18.9 Å². The number of hydrogen-bond donors (Lipinski definition) is 1. The SMILES string of the molecule is CCCNC(COCCOC)Cc1cccc(Br)c1. The van der Waals surface area contributed by atoms with Crippen molar-refractivity contribution in [3.05, 3.63) is 34.3 Å². The highest BCUT2D eigenvalue weighted by Crippen LogP contribution is 2.13. The van der Waals surface area contributed by atoms with E-state index in [1.54, 1.807) is 7.11 Å². The van der Waals surface area contributed by atoms with Crippen LogP contribution in [0.4, 0.5) is 0 Å². The Labute approximate surface area is 124 Å². The van der Waals surface area contributed by atoms with E-state index in [0.717, 1.165) is 30.5 Å². The first kappa shape index (κ1) is 16.6. The quantitative estimate of drug-likeness (QED) is 0.669. The Morgan fingerprint density at radius 3 is 2.84 bits per heavy atom. The fourth-order valence-corrected chi connectivity index (χ4v) is 2.30. The molecule has 1 atom stereocenters. The molecule has 0 heterocycles. The van der Waals surface area contributed by atoms with Crippen LogP contribution in [0.5, 0.6) is 0 Å². The highest BCUT2D eigenvalue weighted by atomic mass is 79.9. The zero-order valence-corrected chi connectivity index (χ0v) is 13.4. The molecule has 1 rings (SSSR count). The number of halogens is 1. The Balaban J connectivity index is 2.43. The highest BCUT2D eigenvalue weighted by Gasteiger charge is 2.09. The van der Waals surface area contributed by atoms with Gasteiger partial charge >= 0.3 is 0 Å². The van der Waals surface area contributed by atoms with E-state index >= 15 is 0 Å². The first-order valence-electron chi connectivity index (χ1n) is 6.80. The van der Waals surface area contributed by atoms with Gasteiger partial charge < -0.3 is 14.8 Å². The van der Waals surface area contributed by atoms with Gasteiger partial charge in [0, 0.05) is 17.6 Å². The molecule has 108 valence electrons. The summed E-state index contributed by atoms with van der Waals surface area (Å²) < 4.78 is 11.7. The highest BCUT2D eigenvalue weighted by molar-refractivity contribution is 9.10. The van der Waals surface area contributed by atoms with Crippen molar-refractivity contribution in [3.8, 4) is 0 Å². The van der Waals surface area contributed by atoms with E-state index in [2.05, 4.69) is 46.4 Å². The molecule has 1 aromatic carbocycles. The monoisotopic (exact) mass is 329 g/mol. The van der Waals surface area contributed by atoms with Crippen LogP contribution >= 0.6 is 15.9 Å². The maximum Gasteiger partial charge on any atom is 0.0701 e. The summed E-state index contributed by atoms with van der Waals surface area (Å²) in [4.78, 5) is 0. The second-order valence-electron chi connectivity index (χ2n) is 4.55. The van der Waals surface area contributed by atoms with Crippen LogP contribution in [-0.4, -0.2) is 39.5 Å². The van der Waals surface area contributed by atoms with Crippen molar-refractivity contribution in [2.75, 3.05) is 33.5 Å². The van der Waals surface area contributed by atoms with Crippen LogP contribution in [0.15, 0.2) is 28.7 Å². The second kappa shape index (κ2) is 10.4. The van der Waals surface area contributed by atoms with Crippen LogP contribution in [-0.2, 0) is 15.9 Å². The summed E-state index contributed by atoms with van der Waals surface area (Å²) in [5.74, 6) is 0. The van der Waals surface area contributed by atoms with Gasteiger partial charge in [-0.25, -0.2) is 0 Å². The lowest BCUT2D eigenvalue weighted by molar-refractivity contribution is 0.0587. The summed E-state index contributed by atoms with van der Waals surface area (Å²) in [6, 6.07) is 8.79. The van der Waals surface area contributed by atoms with Crippen molar-refractivity contribution in [3.63, 3.8) is 0 Å². The molecule has 0 aromatic heterocycles. The first-order chi connectivity index (χ1) is 9.26. The molecule has 0 spiro atoms. The zero-order chi connectivity index (χ0) is 13.9. The molecule has 0 radical (unpaired) electrons. The van der Waals surface area contributed by atoms with Crippen molar-refractivity contribution < 1.29 is 9.47 Å². The molecule has 1 N–H and O–H groups in total. The minimum absolute atomic E-state index is 0.353. The van der Waals surface area contributed by atoms with Crippen molar-refractivity contribution in [1.82, 2.24) is 5.32 Å². The maximum atomic E-state index is 5.64. The predicted octanol–water partition coefficient (Wildman–Crippen LogP) is 3.02. The molecule has 0 aliphatic carbocycles. The van der Waals surface area contributed by atoms with Crippen LogP contribution in [0.3, 0.4) is 0 Å². The Morgan fingerprint density at radius 2 is 2.16 bits per heavy atom. The van der Waals surface area contributed by atoms with Crippen molar-refractivity contribution >= 4 is 15.9 Å². The minimum atomic E-state index is 0.353. The van der Waals surface area contributed by atoms with Gasteiger partial charge in [-0.1, -0.05) is 35.0 Å². The third-order valence-electron chi connectivity index (χ3n) is 2.80. The van der Waals surface area contributed by atoms with E-state index in [9.17, 15) is 0 Å². The van der Waals surface area contributed by atoms with Crippen molar-refractivity contribution in [2.45, 2.75) is 25.8 Å². The fourth-order valence-electron chi connectivity index (χ4n) is 1.85. The van der Waals surface area contributed by atoms with Gasteiger partial charge in [-0.2, -0.15) is 0 Å². The van der Waals surface area contributed by atoms with Gasteiger partial charge in [-0.05, 0) is 37.1 Å². The fraction of sp³-hybridized carbons (Fsp3) is 0.600. The number of benzene rings is 1. The largest absolute Gasteiger partial charge is 0.382 e. The standard InChI is InChI=1S/C15H24BrNO2/c1-3-7-17-15(12-19-9-8-18-2)11-13-5-4-6-14(16)10-13/h4-6,10,15,17H,3,7-9,11-12H2,1-2H3. The third kappa shape index (κ3) is 7.67. The lowest BCUT2D eigenvalue weighted by atomic mass is 10.1. The molecule has 0 bridgehead atoms. The molecule has 0 aliphatic rings. The lowest BCUT2D eigenvalue weighted by Gasteiger charge is -2.19. The summed E-state index contributed by atoms with van der Waals surface area (Å²) in [6.45, 7) is 5.22. The van der Waals surface area contributed by atoms with E-state index in [4.69, 9.17) is 9.47 Å². The summed E-state index contributed by atoms with van der Waals surface area (Å²) in [5.41, 5.74) is 1.32. The molecule has 4 heteroatoms. The van der Waals surface area contributed by atoms with Gasteiger partial charge in [0.05, 0.1) is 19.8 Å². The first-order valence-corrected chi connectivity index (χ1v) is 7.60. The van der Waals surface area contributed by atoms with Gasteiger partial charge in [-0.3, -0.25) is 0 Å². The Hall–Kier alpha value is -0.420. The van der Waals surface area contributed by atoms with Crippen molar-refractivity contribution in [2.24, 2.45) is 0 Å². The summed E-state index contributed by atoms with van der Waals surface area (Å²) in [7, 11) is 1.69. The normalized spacial score (nSPS) is 12.6. The third-order valence-corrected chi connectivity index (χ3v) is 3.30. The Morgan fingerprint density at radius 1 is 1.32 bits per heavy atom. The molecule has 0 amide bonds. The Kier molecular flexibility index (Phi) is 9.08. The van der Waals surface area contributed by atoms with E-state index in [1.165, 1.54) is 5.56 Å². The number of hydrogen-bond acceptors (Lipinski definition) is 3. The zero-order valence-electron chi connectivity index (χ0n) is 11.8. The second-order valence-corrected chi connectivity index (χ2v) is 5.47. The molecule has 0 saturated heterocycles. The van der Waals surface area contributed by atoms with Gasteiger partial charge in [0.15, 0.2) is 0 Å². The average Bonchev–Trinajstić information content (AvgIpc) is 2.40. The van der Waals surface area contributed by atoms with Crippen molar-refractivity contribution in [1.29, 1.82) is 0 Å². The molecule has 1 aromatic rings. The number of rotatable bonds is 10. The molecule has 0 saturated carbocycles. The number of nitrogens with one attached hydrogen (secondary N) is 1. The van der Waals surface area contributed by atoms with Gasteiger partial charge in [0.1, 0.15) is 0 Å². The van der Waals surface area contributed by atoms with Gasteiger partial charge in [-0.15, -0.1) is 0 Å². The van der Waals surface area contributed by atoms with Crippen LogP contribution in [0.2, 0.25) is 0 Å². The Bertz CT molecular complexity index is 347. The molecule has 19 heavy (non-hydrogen) atoms. The molecular formula is C15H24BrNO2. The molecule has 3 nitrogen and oxygen atoms in total. The van der Waals surface area contributed by atoms with Gasteiger partial charge in [0.25, 0.3) is 0 Å². The topological polar surface area (TPSA) is 30.5 Å². The smallest absolute Gasteiger partial charge is 0.0701 e. The van der Waals surface area contributed by atoms with E-state index in [-0.39, 0.29) is 0 Å². The minimum Gasteiger partial charge on any atom is -0.382 e. The summed E-state index contributed by atoms with van der Waals surface area (Å²) in [5, 5.41) is 3.53. The van der Waals surface area contributed by atoms with Crippen LogP contribution < -0.4 is 5.32 Å². The predicted molar refractivity (Wildman–Crippen MR) is 82.6 cm³/mol. The van der Waals surface area contributed by atoms with Crippen LogP contribution in [0, 0.1) is 0 Å². The van der Waals surface area contributed by atoms with E-state index < -0.39 is 0 Å². The number of methoxy groups -OCH3 is 1. The van der Waals surface area contributed by atoms with E-state index in [1.807, 2.05) is 6.07 Å². The molecule has 1 unspecified atom stereocenters. The maximum absolute atomic E-state index is 5.64.